The van der Waals surface area contributed by atoms with Gasteiger partial charge in [0, 0.05) is 27.7 Å². The topological polar surface area (TPSA) is 278 Å². The van der Waals surface area contributed by atoms with Gasteiger partial charge in [-0.2, -0.15) is 32.2 Å². The third kappa shape index (κ3) is 7.08. The summed E-state index contributed by atoms with van der Waals surface area (Å²) in [7, 11) is -9.34. The number of hydrogen-bond donors (Lipinski definition) is 6. The number of hydrogen-bond acceptors (Lipinski definition) is 14. The highest BCUT2D eigenvalue weighted by atomic mass is 32.2. The molecule has 0 unspecified atom stereocenters. The summed E-state index contributed by atoms with van der Waals surface area (Å²) in [5.74, 6) is -0.801. The highest BCUT2D eigenvalue weighted by Crippen LogP contribution is 2.34. The van der Waals surface area contributed by atoms with E-state index in [0.717, 1.165) is 6.08 Å². The number of nitrogens with one attached hydrogen (secondary N) is 1. The van der Waals surface area contributed by atoms with Gasteiger partial charge in [-0.3, -0.25) is 19.3 Å². The SMILES string of the molecule is Nc1ccc(N=Nc2ccc3c(c2)C(=O)/C(=N/Nc2ccc(N=Nc4ccc(N)c5ccc(S(=O)(=O)O)cc45)cc2)C(S(=O)(=O)O)=C3)c(N)c1. The molecule has 0 amide bonds. The molecule has 50 heavy (non-hydrogen) atoms. The van der Waals surface area contributed by atoms with Crippen molar-refractivity contribution in [1.82, 2.24) is 0 Å². The van der Waals surface area contributed by atoms with Gasteiger partial charge in [0.05, 0.1) is 33.3 Å². The van der Waals surface area contributed by atoms with E-state index < -0.39 is 36.6 Å². The summed E-state index contributed by atoms with van der Waals surface area (Å²) in [4.78, 5) is 12.5. The summed E-state index contributed by atoms with van der Waals surface area (Å²) in [5.41, 5.74) is 22.7. The van der Waals surface area contributed by atoms with Crippen molar-refractivity contribution in [2.75, 3.05) is 22.6 Å². The minimum absolute atomic E-state index is 0.0642. The Kier molecular flexibility index (Phi) is 8.68. The Morgan fingerprint density at radius 3 is 2.00 bits per heavy atom. The fraction of sp³-hybridized carbons (Fsp3) is 0. The zero-order valence-corrected chi connectivity index (χ0v) is 27.1. The van der Waals surface area contributed by atoms with Crippen LogP contribution in [0.2, 0.25) is 0 Å². The minimum atomic E-state index is -4.87. The van der Waals surface area contributed by atoms with Crippen LogP contribution in [-0.2, 0) is 20.2 Å². The Morgan fingerprint density at radius 2 is 1.30 bits per heavy atom. The molecular formula is C32H25N9O7S2. The van der Waals surface area contributed by atoms with E-state index in [-0.39, 0.29) is 27.4 Å². The van der Waals surface area contributed by atoms with Crippen LogP contribution >= 0.6 is 0 Å². The number of allylic oxidation sites excluding steroid dienone is 1. The van der Waals surface area contributed by atoms with Crippen LogP contribution in [0, 0.1) is 0 Å². The summed E-state index contributed by atoms with van der Waals surface area (Å²) in [6.07, 6.45) is 1.12. The van der Waals surface area contributed by atoms with Crippen molar-refractivity contribution < 1.29 is 30.7 Å². The van der Waals surface area contributed by atoms with Gasteiger partial charge in [-0.1, -0.05) is 12.1 Å². The Hall–Kier alpha value is -6.34. The fourth-order valence-corrected chi connectivity index (χ4v) is 6.04. The molecule has 0 aromatic heterocycles. The van der Waals surface area contributed by atoms with Crippen LogP contribution < -0.4 is 22.6 Å². The number of hydrazone groups is 1. The molecule has 0 spiro atoms. The second kappa shape index (κ2) is 12.9. The zero-order chi connectivity index (χ0) is 35.8. The molecule has 0 atom stereocenters. The first-order chi connectivity index (χ1) is 23.7. The number of anilines is 4. The summed E-state index contributed by atoms with van der Waals surface area (Å²) in [6.45, 7) is 0. The fourth-order valence-electron chi connectivity index (χ4n) is 4.87. The molecular weight excluding hydrogens is 687 g/mol. The van der Waals surface area contributed by atoms with Crippen LogP contribution in [0.25, 0.3) is 16.8 Å². The minimum Gasteiger partial charge on any atom is -0.399 e. The third-order valence-corrected chi connectivity index (χ3v) is 9.07. The monoisotopic (exact) mass is 711 g/mol. The molecule has 0 heterocycles. The van der Waals surface area contributed by atoms with Gasteiger partial charge in [-0.15, -0.1) is 10.2 Å². The molecule has 0 saturated heterocycles. The maximum absolute atomic E-state index is 13.5. The van der Waals surface area contributed by atoms with E-state index in [1.165, 1.54) is 66.7 Å². The van der Waals surface area contributed by atoms with Crippen molar-refractivity contribution in [3.8, 4) is 0 Å². The molecule has 0 fully saturated rings. The normalized spacial score (nSPS) is 14.4. The molecule has 252 valence electrons. The predicted molar refractivity (Wildman–Crippen MR) is 190 cm³/mol. The number of carbonyl (C=O) groups excluding carboxylic acids is 1. The van der Waals surface area contributed by atoms with Gasteiger partial charge < -0.3 is 17.2 Å². The Labute approximate surface area is 284 Å². The lowest BCUT2D eigenvalue weighted by molar-refractivity contribution is 0.106. The second-order valence-corrected chi connectivity index (χ2v) is 13.6. The van der Waals surface area contributed by atoms with Gasteiger partial charge in [0.15, 0.2) is 5.71 Å². The number of fused-ring (bicyclic) bond motifs is 2. The van der Waals surface area contributed by atoms with Crippen LogP contribution in [0.3, 0.4) is 0 Å². The number of azo groups is 2. The smallest absolute Gasteiger partial charge is 0.296 e. The van der Waals surface area contributed by atoms with Gasteiger partial charge in [0.2, 0.25) is 5.78 Å². The highest BCUT2D eigenvalue weighted by Gasteiger charge is 2.33. The first-order valence-electron chi connectivity index (χ1n) is 14.3. The number of nitrogens with two attached hydrogens (primary N) is 3. The summed E-state index contributed by atoms with van der Waals surface area (Å²) >= 11 is 0. The number of rotatable bonds is 8. The molecule has 5 aromatic carbocycles. The molecule has 0 radical (unpaired) electrons. The quantitative estimate of drug-likeness (QED) is 0.0434. The first kappa shape index (κ1) is 33.6. The van der Waals surface area contributed by atoms with Crippen molar-refractivity contribution in [2.24, 2.45) is 25.6 Å². The summed E-state index contributed by atoms with van der Waals surface area (Å²) in [6, 6.07) is 22.2. The van der Waals surface area contributed by atoms with E-state index in [2.05, 4.69) is 31.0 Å². The van der Waals surface area contributed by atoms with Crippen molar-refractivity contribution in [1.29, 1.82) is 0 Å². The van der Waals surface area contributed by atoms with E-state index in [9.17, 15) is 30.7 Å². The van der Waals surface area contributed by atoms with Crippen molar-refractivity contribution >= 4 is 94.1 Å². The standard InChI is InChI=1S/C32H25N9O7S2/c33-18-2-11-29(27(35)14-18)40-38-21-3-1-17-13-30(50(46,47)48)31(32(42)24(17)15-21)41-37-20-6-4-19(5-7-20)36-39-28-12-10-26(34)23-9-8-22(16-25(23)28)49(43,44)45/h1-16,37H,33-35H2,(H,43,44,45)(H,46,47,48)/b39-36?,40-38?,41-31+. The third-order valence-electron chi connectivity index (χ3n) is 7.35. The average molecular weight is 712 g/mol. The number of nitrogens with zero attached hydrogens (tertiary/aromatic N) is 5. The Balaban J connectivity index is 1.24. The van der Waals surface area contributed by atoms with E-state index >= 15 is 0 Å². The van der Waals surface area contributed by atoms with E-state index in [1.54, 1.807) is 24.3 Å². The molecule has 0 aliphatic heterocycles. The molecule has 18 heteroatoms. The van der Waals surface area contributed by atoms with Gasteiger partial charge in [-0.05, 0) is 90.5 Å². The molecule has 0 saturated carbocycles. The summed E-state index contributed by atoms with van der Waals surface area (Å²) < 4.78 is 67.2. The maximum atomic E-state index is 13.5. The lowest BCUT2D eigenvalue weighted by Gasteiger charge is -2.16. The molecule has 16 nitrogen and oxygen atoms in total. The Morgan fingerprint density at radius 1 is 0.620 bits per heavy atom. The van der Waals surface area contributed by atoms with Gasteiger partial charge in [0.1, 0.15) is 10.6 Å². The largest absolute Gasteiger partial charge is 0.399 e. The molecule has 6 rings (SSSR count). The van der Waals surface area contributed by atoms with Gasteiger partial charge in [-0.25, -0.2) is 0 Å². The highest BCUT2D eigenvalue weighted by molar-refractivity contribution is 7.91. The lowest BCUT2D eigenvalue weighted by atomic mass is 9.94. The van der Waals surface area contributed by atoms with Crippen LogP contribution in [-0.4, -0.2) is 37.4 Å². The van der Waals surface area contributed by atoms with Crippen molar-refractivity contribution in [2.45, 2.75) is 4.90 Å². The van der Waals surface area contributed by atoms with E-state index in [1.807, 2.05) is 0 Å². The van der Waals surface area contributed by atoms with E-state index in [4.69, 9.17) is 17.2 Å². The number of carbonyl (C=O) groups is 1. The van der Waals surface area contributed by atoms with Crippen molar-refractivity contribution in [3.05, 3.63) is 107 Å². The van der Waals surface area contributed by atoms with Gasteiger partial charge in [0.25, 0.3) is 20.2 Å². The van der Waals surface area contributed by atoms with Crippen LogP contribution in [0.15, 0.2) is 126 Å². The van der Waals surface area contributed by atoms with Crippen LogP contribution in [0.4, 0.5) is 45.5 Å². The molecule has 0 bridgehead atoms. The molecule has 5 aromatic rings. The van der Waals surface area contributed by atoms with Gasteiger partial charge >= 0.3 is 0 Å². The second-order valence-electron chi connectivity index (χ2n) is 10.8. The van der Waals surface area contributed by atoms with Crippen molar-refractivity contribution in [3.63, 3.8) is 0 Å². The average Bonchev–Trinajstić information content (AvgIpc) is 3.07. The molecule has 1 aliphatic carbocycles. The number of ketones is 1. The number of nitrogen functional groups attached to an aromatic ring is 3. The molecule has 1 aliphatic rings. The van der Waals surface area contributed by atoms with Crippen LogP contribution in [0.5, 0.6) is 0 Å². The van der Waals surface area contributed by atoms with E-state index in [0.29, 0.717) is 44.9 Å². The maximum Gasteiger partial charge on any atom is 0.296 e. The molecule has 9 N–H and O–H groups in total. The van der Waals surface area contributed by atoms with Crippen LogP contribution in [0.1, 0.15) is 15.9 Å². The zero-order valence-electron chi connectivity index (χ0n) is 25.5. The number of benzene rings is 5. The summed E-state index contributed by atoms with van der Waals surface area (Å²) in [5, 5.41) is 21.5. The first-order valence-corrected chi connectivity index (χ1v) is 17.2. The number of Topliss-reactive ketones (excluding diaryl/α,β-unsaturated/α-hetero) is 1. The predicted octanol–water partition coefficient (Wildman–Crippen LogP) is 6.56. The lowest BCUT2D eigenvalue weighted by Crippen LogP contribution is -2.27. The Bertz CT molecular complexity index is 2570.